The van der Waals surface area contributed by atoms with Crippen molar-refractivity contribution in [3.8, 4) is 0 Å². The van der Waals surface area contributed by atoms with Gasteiger partial charge in [-0.15, -0.1) is 0 Å². The Balaban J connectivity index is 2.25. The lowest BCUT2D eigenvalue weighted by Crippen LogP contribution is -2.28. The van der Waals surface area contributed by atoms with Crippen molar-refractivity contribution in [2.24, 2.45) is 11.3 Å². The standard InChI is InChI=1S/C9H14O2/c1-7-3-2-4-9(7)5-6-11-8(9)10/h7H,2-6H2,1H3/t7-,9?/m0/s1. The van der Waals surface area contributed by atoms with Crippen molar-refractivity contribution in [1.82, 2.24) is 0 Å². The van der Waals surface area contributed by atoms with Crippen LogP contribution in [-0.2, 0) is 9.53 Å². The van der Waals surface area contributed by atoms with Gasteiger partial charge in [-0.1, -0.05) is 13.3 Å². The van der Waals surface area contributed by atoms with Crippen molar-refractivity contribution < 1.29 is 9.53 Å². The first kappa shape index (κ1) is 7.14. The molecule has 0 aromatic heterocycles. The monoisotopic (exact) mass is 154 g/mol. The van der Waals surface area contributed by atoms with Gasteiger partial charge in [-0.3, -0.25) is 4.79 Å². The zero-order chi connectivity index (χ0) is 7.90. The van der Waals surface area contributed by atoms with Gasteiger partial charge in [0.15, 0.2) is 0 Å². The Morgan fingerprint density at radius 2 is 2.36 bits per heavy atom. The van der Waals surface area contributed by atoms with Crippen LogP contribution < -0.4 is 0 Å². The third-order valence-electron chi connectivity index (χ3n) is 3.39. The molecule has 1 saturated carbocycles. The minimum Gasteiger partial charge on any atom is -0.465 e. The highest BCUT2D eigenvalue weighted by Crippen LogP contribution is 2.49. The van der Waals surface area contributed by atoms with Gasteiger partial charge < -0.3 is 4.74 Å². The van der Waals surface area contributed by atoms with E-state index in [0.717, 1.165) is 12.8 Å². The average molecular weight is 154 g/mol. The maximum Gasteiger partial charge on any atom is 0.312 e. The summed E-state index contributed by atoms with van der Waals surface area (Å²) in [5, 5.41) is 0. The second-order valence-corrected chi connectivity index (χ2v) is 3.84. The number of rotatable bonds is 0. The fourth-order valence-electron chi connectivity index (χ4n) is 2.49. The molecular weight excluding hydrogens is 140 g/mol. The molecule has 0 N–H and O–H groups in total. The Morgan fingerprint density at radius 1 is 1.55 bits per heavy atom. The smallest absolute Gasteiger partial charge is 0.312 e. The van der Waals surface area contributed by atoms with Crippen LogP contribution in [0.15, 0.2) is 0 Å². The summed E-state index contributed by atoms with van der Waals surface area (Å²) in [5.41, 5.74) is -0.0556. The normalized spacial score (nSPS) is 43.4. The van der Waals surface area contributed by atoms with Crippen LogP contribution in [0.5, 0.6) is 0 Å². The second-order valence-electron chi connectivity index (χ2n) is 3.84. The van der Waals surface area contributed by atoms with Crippen molar-refractivity contribution in [3.05, 3.63) is 0 Å². The van der Waals surface area contributed by atoms with E-state index in [9.17, 15) is 4.79 Å². The van der Waals surface area contributed by atoms with E-state index in [2.05, 4.69) is 6.92 Å². The number of carbonyl (C=O) groups excluding carboxylic acids is 1. The van der Waals surface area contributed by atoms with Gasteiger partial charge in [0, 0.05) is 0 Å². The van der Waals surface area contributed by atoms with Gasteiger partial charge >= 0.3 is 5.97 Å². The molecule has 2 atom stereocenters. The summed E-state index contributed by atoms with van der Waals surface area (Å²) in [5.74, 6) is 0.625. The molecule has 62 valence electrons. The van der Waals surface area contributed by atoms with E-state index < -0.39 is 0 Å². The summed E-state index contributed by atoms with van der Waals surface area (Å²) in [6, 6.07) is 0. The summed E-state index contributed by atoms with van der Waals surface area (Å²) in [4.78, 5) is 11.4. The maximum atomic E-state index is 11.4. The molecular formula is C9H14O2. The predicted molar refractivity (Wildman–Crippen MR) is 41.0 cm³/mol. The van der Waals surface area contributed by atoms with Crippen LogP contribution in [0.25, 0.3) is 0 Å². The first-order chi connectivity index (χ1) is 5.26. The average Bonchev–Trinajstić information content (AvgIpc) is 2.48. The topological polar surface area (TPSA) is 26.3 Å². The highest BCUT2D eigenvalue weighted by Gasteiger charge is 2.50. The fourth-order valence-corrected chi connectivity index (χ4v) is 2.49. The number of hydrogen-bond acceptors (Lipinski definition) is 2. The van der Waals surface area contributed by atoms with E-state index >= 15 is 0 Å². The third-order valence-corrected chi connectivity index (χ3v) is 3.39. The Hall–Kier alpha value is -0.530. The number of hydrogen-bond donors (Lipinski definition) is 0. The van der Waals surface area contributed by atoms with Crippen LogP contribution in [0.2, 0.25) is 0 Å². The Bertz CT molecular complexity index is 184. The first-order valence-electron chi connectivity index (χ1n) is 4.43. The molecule has 2 nitrogen and oxygen atoms in total. The molecule has 0 bridgehead atoms. The first-order valence-corrected chi connectivity index (χ1v) is 4.43. The van der Waals surface area contributed by atoms with E-state index in [4.69, 9.17) is 4.74 Å². The zero-order valence-electron chi connectivity index (χ0n) is 6.93. The number of esters is 1. The predicted octanol–water partition coefficient (Wildman–Crippen LogP) is 1.74. The maximum absolute atomic E-state index is 11.4. The Morgan fingerprint density at radius 3 is 2.82 bits per heavy atom. The summed E-state index contributed by atoms with van der Waals surface area (Å²) in [6.07, 6.45) is 4.44. The molecule has 0 aromatic rings. The van der Waals surface area contributed by atoms with Crippen molar-refractivity contribution in [2.75, 3.05) is 6.61 Å². The molecule has 2 heteroatoms. The SMILES string of the molecule is C[C@H]1CCCC12CCOC2=O. The van der Waals surface area contributed by atoms with E-state index in [1.54, 1.807) is 0 Å². The van der Waals surface area contributed by atoms with Crippen LogP contribution in [0, 0.1) is 11.3 Å². The molecule has 1 saturated heterocycles. The molecule has 1 unspecified atom stereocenters. The minimum atomic E-state index is -0.0556. The van der Waals surface area contributed by atoms with Crippen molar-refractivity contribution >= 4 is 5.97 Å². The fraction of sp³-hybridized carbons (Fsp3) is 0.889. The lowest BCUT2D eigenvalue weighted by Gasteiger charge is -2.22. The van der Waals surface area contributed by atoms with Crippen LogP contribution in [0.3, 0.4) is 0 Å². The summed E-state index contributed by atoms with van der Waals surface area (Å²) >= 11 is 0. The van der Waals surface area contributed by atoms with E-state index in [0.29, 0.717) is 12.5 Å². The molecule has 1 aliphatic carbocycles. The van der Waals surface area contributed by atoms with E-state index in [1.807, 2.05) is 0 Å². The molecule has 1 spiro atoms. The van der Waals surface area contributed by atoms with Crippen LogP contribution in [0.1, 0.15) is 32.6 Å². The Labute approximate surface area is 66.9 Å². The molecule has 2 fully saturated rings. The number of carbonyl (C=O) groups is 1. The van der Waals surface area contributed by atoms with Gasteiger partial charge in [-0.25, -0.2) is 0 Å². The molecule has 1 aliphatic heterocycles. The summed E-state index contributed by atoms with van der Waals surface area (Å²) < 4.78 is 5.02. The van der Waals surface area contributed by atoms with Crippen LogP contribution in [-0.4, -0.2) is 12.6 Å². The summed E-state index contributed by atoms with van der Waals surface area (Å²) in [7, 11) is 0. The lowest BCUT2D eigenvalue weighted by atomic mass is 9.78. The molecule has 2 aliphatic rings. The van der Waals surface area contributed by atoms with Gasteiger partial charge in [-0.2, -0.15) is 0 Å². The molecule has 1 heterocycles. The van der Waals surface area contributed by atoms with Crippen LogP contribution in [0.4, 0.5) is 0 Å². The lowest BCUT2D eigenvalue weighted by molar-refractivity contribution is -0.147. The van der Waals surface area contributed by atoms with Crippen molar-refractivity contribution in [3.63, 3.8) is 0 Å². The molecule has 0 radical (unpaired) electrons. The van der Waals surface area contributed by atoms with Gasteiger partial charge in [-0.05, 0) is 25.2 Å². The highest BCUT2D eigenvalue weighted by atomic mass is 16.5. The Kier molecular flexibility index (Phi) is 1.44. The number of cyclic esters (lactones) is 1. The van der Waals surface area contributed by atoms with Gasteiger partial charge in [0.1, 0.15) is 0 Å². The van der Waals surface area contributed by atoms with E-state index in [-0.39, 0.29) is 11.4 Å². The van der Waals surface area contributed by atoms with Gasteiger partial charge in [0.2, 0.25) is 0 Å². The van der Waals surface area contributed by atoms with Gasteiger partial charge in [0.05, 0.1) is 12.0 Å². The van der Waals surface area contributed by atoms with Crippen molar-refractivity contribution in [2.45, 2.75) is 32.6 Å². The largest absolute Gasteiger partial charge is 0.465 e. The quantitative estimate of drug-likeness (QED) is 0.497. The van der Waals surface area contributed by atoms with Crippen molar-refractivity contribution in [1.29, 1.82) is 0 Å². The molecule has 0 amide bonds. The third kappa shape index (κ3) is 0.815. The second kappa shape index (κ2) is 2.23. The number of ether oxygens (including phenoxy) is 1. The molecule has 11 heavy (non-hydrogen) atoms. The molecule has 0 aromatic carbocycles. The summed E-state index contributed by atoms with van der Waals surface area (Å²) in [6.45, 7) is 2.84. The highest BCUT2D eigenvalue weighted by molar-refractivity contribution is 5.79. The minimum absolute atomic E-state index is 0.0556. The van der Waals surface area contributed by atoms with Crippen LogP contribution >= 0.6 is 0 Å². The van der Waals surface area contributed by atoms with E-state index in [1.165, 1.54) is 12.8 Å². The molecule has 2 rings (SSSR count). The zero-order valence-corrected chi connectivity index (χ0v) is 6.93. The van der Waals surface area contributed by atoms with Gasteiger partial charge in [0.25, 0.3) is 0 Å².